The summed E-state index contributed by atoms with van der Waals surface area (Å²) in [6.07, 6.45) is 2.11. The van der Waals surface area contributed by atoms with Gasteiger partial charge in [0.2, 0.25) is 10.0 Å². The number of aliphatic hydroxyl groups is 1. The second-order valence-corrected chi connectivity index (χ2v) is 8.03. The van der Waals surface area contributed by atoms with Crippen LogP contribution < -0.4 is 9.46 Å². The number of thioether (sulfide) groups is 1. The second-order valence-electron chi connectivity index (χ2n) is 5.04. The number of nitrogens with one attached hydrogen (secondary N) is 1. The predicted octanol–water partition coefficient (Wildman–Crippen LogP) is 1.61. The summed E-state index contributed by atoms with van der Waals surface area (Å²) >= 11 is 1.92. The first-order valence-corrected chi connectivity index (χ1v) is 9.56. The van der Waals surface area contributed by atoms with E-state index < -0.39 is 10.0 Å². The molecule has 7 heteroatoms. The molecule has 1 fully saturated rings. The Kier molecular flexibility index (Phi) is 5.92. The molecule has 0 bridgehead atoms. The summed E-state index contributed by atoms with van der Waals surface area (Å²) in [5.41, 5.74) is 0.467. The number of sulfonamides is 1. The Morgan fingerprint density at radius 2 is 2.10 bits per heavy atom. The molecule has 5 nitrogen and oxygen atoms in total. The first-order valence-electron chi connectivity index (χ1n) is 6.92. The van der Waals surface area contributed by atoms with Crippen molar-refractivity contribution < 1.29 is 18.3 Å². The van der Waals surface area contributed by atoms with Crippen LogP contribution in [-0.2, 0) is 16.6 Å². The Morgan fingerprint density at radius 3 is 2.71 bits per heavy atom. The lowest BCUT2D eigenvalue weighted by Crippen LogP contribution is -2.31. The van der Waals surface area contributed by atoms with Crippen molar-refractivity contribution in [2.24, 2.45) is 5.92 Å². The van der Waals surface area contributed by atoms with Gasteiger partial charge in [0, 0.05) is 12.1 Å². The summed E-state index contributed by atoms with van der Waals surface area (Å²) in [4.78, 5) is 0.164. The minimum absolute atomic E-state index is 0.164. The highest BCUT2D eigenvalue weighted by Crippen LogP contribution is 2.24. The highest BCUT2D eigenvalue weighted by molar-refractivity contribution is 7.99. The van der Waals surface area contributed by atoms with E-state index in [1.165, 1.54) is 19.2 Å². The molecular weight excluding hydrogens is 310 g/mol. The number of methoxy groups -OCH3 is 1. The van der Waals surface area contributed by atoms with E-state index in [2.05, 4.69) is 4.72 Å². The number of rotatable bonds is 6. The lowest BCUT2D eigenvalue weighted by Gasteiger charge is -2.21. The second kappa shape index (κ2) is 7.49. The van der Waals surface area contributed by atoms with Gasteiger partial charge in [-0.3, -0.25) is 0 Å². The molecule has 0 unspecified atom stereocenters. The third-order valence-electron chi connectivity index (χ3n) is 3.64. The van der Waals surface area contributed by atoms with Gasteiger partial charge >= 0.3 is 0 Å². The smallest absolute Gasteiger partial charge is 0.240 e. The molecule has 0 aromatic heterocycles. The highest BCUT2D eigenvalue weighted by Gasteiger charge is 2.20. The maximum absolute atomic E-state index is 12.3. The van der Waals surface area contributed by atoms with E-state index in [1.54, 1.807) is 6.07 Å². The molecular formula is C14H21NO4S2. The first kappa shape index (κ1) is 16.6. The highest BCUT2D eigenvalue weighted by atomic mass is 32.2. The molecule has 2 N–H and O–H groups in total. The summed E-state index contributed by atoms with van der Waals surface area (Å²) in [6.45, 7) is 0.218. The third-order valence-corrected chi connectivity index (χ3v) is 6.11. The molecule has 0 amide bonds. The van der Waals surface area contributed by atoms with Crippen LogP contribution in [0.5, 0.6) is 5.75 Å². The number of hydrogen-bond acceptors (Lipinski definition) is 5. The van der Waals surface area contributed by atoms with Crippen LogP contribution in [0.15, 0.2) is 23.1 Å². The summed E-state index contributed by atoms with van der Waals surface area (Å²) < 4.78 is 32.4. The standard InChI is InChI=1S/C14H21NO4S2/c1-19-14-3-2-13(8-12(14)10-16)21(17,18)15-9-11-4-6-20-7-5-11/h2-3,8,11,15-16H,4-7,9-10H2,1H3. The first-order chi connectivity index (χ1) is 10.1. The quantitative estimate of drug-likeness (QED) is 0.828. The zero-order chi connectivity index (χ0) is 15.3. The van der Waals surface area contributed by atoms with Crippen molar-refractivity contribution in [3.05, 3.63) is 23.8 Å². The molecule has 2 rings (SSSR count). The van der Waals surface area contributed by atoms with Crippen molar-refractivity contribution >= 4 is 21.8 Å². The fourth-order valence-electron chi connectivity index (χ4n) is 2.31. The molecule has 1 aliphatic rings. The molecule has 0 saturated carbocycles. The summed E-state index contributed by atoms with van der Waals surface area (Å²) in [5, 5.41) is 9.28. The van der Waals surface area contributed by atoms with Crippen LogP contribution in [0.25, 0.3) is 0 Å². The van der Waals surface area contributed by atoms with Crippen molar-refractivity contribution in [3.63, 3.8) is 0 Å². The Labute approximate surface area is 130 Å². The summed E-state index contributed by atoms with van der Waals surface area (Å²) in [5.74, 6) is 3.10. The van der Waals surface area contributed by atoms with E-state index in [0.29, 0.717) is 23.8 Å². The van der Waals surface area contributed by atoms with Gasteiger partial charge in [-0.05, 0) is 48.5 Å². The van der Waals surface area contributed by atoms with E-state index in [0.717, 1.165) is 24.3 Å². The van der Waals surface area contributed by atoms with Crippen molar-refractivity contribution in [3.8, 4) is 5.75 Å². The largest absolute Gasteiger partial charge is 0.496 e. The van der Waals surface area contributed by atoms with Gasteiger partial charge < -0.3 is 9.84 Å². The van der Waals surface area contributed by atoms with Crippen LogP contribution in [0.4, 0.5) is 0 Å². The minimum Gasteiger partial charge on any atom is -0.496 e. The van der Waals surface area contributed by atoms with E-state index in [4.69, 9.17) is 4.74 Å². The summed E-state index contributed by atoms with van der Waals surface area (Å²) in [7, 11) is -2.05. The third kappa shape index (κ3) is 4.35. The van der Waals surface area contributed by atoms with Gasteiger partial charge in [0.1, 0.15) is 5.75 Å². The van der Waals surface area contributed by atoms with E-state index in [1.807, 2.05) is 11.8 Å². The zero-order valence-corrected chi connectivity index (χ0v) is 13.7. The summed E-state index contributed by atoms with van der Waals surface area (Å²) in [6, 6.07) is 4.52. The maximum atomic E-state index is 12.3. The van der Waals surface area contributed by atoms with Gasteiger partial charge in [0.15, 0.2) is 0 Å². The van der Waals surface area contributed by atoms with Crippen LogP contribution in [0.3, 0.4) is 0 Å². The van der Waals surface area contributed by atoms with Crippen molar-refractivity contribution in [2.75, 3.05) is 25.2 Å². The van der Waals surface area contributed by atoms with Crippen LogP contribution in [0, 0.1) is 5.92 Å². The zero-order valence-electron chi connectivity index (χ0n) is 12.0. The van der Waals surface area contributed by atoms with Crippen molar-refractivity contribution in [1.82, 2.24) is 4.72 Å². The van der Waals surface area contributed by atoms with Gasteiger partial charge in [0.25, 0.3) is 0 Å². The van der Waals surface area contributed by atoms with Crippen LogP contribution in [-0.4, -0.2) is 38.7 Å². The van der Waals surface area contributed by atoms with Crippen molar-refractivity contribution in [1.29, 1.82) is 0 Å². The normalized spacial score (nSPS) is 16.9. The lowest BCUT2D eigenvalue weighted by atomic mass is 10.0. The fourth-order valence-corrected chi connectivity index (χ4v) is 4.68. The van der Waals surface area contributed by atoms with Crippen LogP contribution in [0.1, 0.15) is 18.4 Å². The molecule has 1 aromatic rings. The van der Waals surface area contributed by atoms with Crippen LogP contribution in [0.2, 0.25) is 0 Å². The molecule has 1 saturated heterocycles. The van der Waals surface area contributed by atoms with Gasteiger partial charge in [0.05, 0.1) is 18.6 Å². The topological polar surface area (TPSA) is 75.6 Å². The molecule has 0 atom stereocenters. The predicted molar refractivity (Wildman–Crippen MR) is 84.2 cm³/mol. The minimum atomic E-state index is -3.54. The molecule has 118 valence electrons. The van der Waals surface area contributed by atoms with Crippen LogP contribution >= 0.6 is 11.8 Å². The average molecular weight is 331 g/mol. The fraction of sp³-hybridized carbons (Fsp3) is 0.571. The van der Waals surface area contributed by atoms with Gasteiger partial charge in [-0.1, -0.05) is 0 Å². The monoisotopic (exact) mass is 331 g/mol. The number of aliphatic hydroxyl groups excluding tert-OH is 1. The van der Waals surface area contributed by atoms with Gasteiger partial charge in [-0.25, -0.2) is 13.1 Å². The number of benzene rings is 1. The molecule has 1 heterocycles. The molecule has 0 aliphatic carbocycles. The maximum Gasteiger partial charge on any atom is 0.240 e. The van der Waals surface area contributed by atoms with Gasteiger partial charge in [-0.2, -0.15) is 11.8 Å². The van der Waals surface area contributed by atoms with E-state index >= 15 is 0 Å². The molecule has 0 spiro atoms. The average Bonchev–Trinajstić information content (AvgIpc) is 2.53. The molecule has 1 aromatic carbocycles. The molecule has 0 radical (unpaired) electrons. The number of ether oxygens (including phenoxy) is 1. The Balaban J connectivity index is 2.07. The molecule has 21 heavy (non-hydrogen) atoms. The lowest BCUT2D eigenvalue weighted by molar-refractivity contribution is 0.273. The van der Waals surface area contributed by atoms with E-state index in [9.17, 15) is 13.5 Å². The number of hydrogen-bond donors (Lipinski definition) is 2. The van der Waals surface area contributed by atoms with E-state index in [-0.39, 0.29) is 11.5 Å². The van der Waals surface area contributed by atoms with Crippen molar-refractivity contribution in [2.45, 2.75) is 24.3 Å². The Morgan fingerprint density at radius 1 is 1.38 bits per heavy atom. The molecule has 1 aliphatic heterocycles. The Bertz CT molecular complexity index is 568. The SMILES string of the molecule is COc1ccc(S(=O)(=O)NCC2CCSCC2)cc1CO. The van der Waals surface area contributed by atoms with Gasteiger partial charge in [-0.15, -0.1) is 0 Å². The Hall–Kier alpha value is -0.760.